The van der Waals surface area contributed by atoms with Gasteiger partial charge in [-0.1, -0.05) is 38.1 Å². The molecule has 6 nitrogen and oxygen atoms in total. The van der Waals surface area contributed by atoms with E-state index in [4.69, 9.17) is 0 Å². The molecule has 1 N–H and O–H groups in total. The third-order valence-corrected chi connectivity index (χ3v) is 4.21. The molecule has 0 saturated carbocycles. The summed E-state index contributed by atoms with van der Waals surface area (Å²) in [6.07, 6.45) is 0. The van der Waals surface area contributed by atoms with Crippen molar-refractivity contribution >= 4 is 17.3 Å². The Morgan fingerprint density at radius 2 is 1.85 bits per heavy atom. The molecule has 0 atom stereocenters. The molecule has 0 unspecified atom stereocenters. The van der Waals surface area contributed by atoms with Gasteiger partial charge in [-0.3, -0.25) is 19.8 Å². The first-order valence-corrected chi connectivity index (χ1v) is 8.58. The number of non-ortho nitro benzene ring substituents is 1. The molecule has 6 heteroatoms. The number of nitrogens with one attached hydrogen (secondary N) is 1. The van der Waals surface area contributed by atoms with Crippen molar-refractivity contribution in [2.45, 2.75) is 33.2 Å². The number of nitrogens with zero attached hydrogens (tertiary/aromatic N) is 2. The second kappa shape index (κ2) is 8.58. The standard InChI is InChI=1S/C20H25N3O3/c1-14(2)17-7-5-16(6-8-17)12-22(4)13-20(24)21-19-10-9-18(23(25)26)11-15(19)3/h5-11,14H,12-13H2,1-4H3,(H,21,24). The molecule has 0 saturated heterocycles. The average Bonchev–Trinajstić information content (AvgIpc) is 2.56. The van der Waals surface area contributed by atoms with Gasteiger partial charge in [-0.25, -0.2) is 0 Å². The van der Waals surface area contributed by atoms with E-state index in [0.29, 0.717) is 23.7 Å². The molecule has 2 aromatic rings. The number of benzene rings is 2. The van der Waals surface area contributed by atoms with Crippen LogP contribution < -0.4 is 5.32 Å². The van der Waals surface area contributed by atoms with Crippen molar-refractivity contribution in [2.24, 2.45) is 0 Å². The maximum atomic E-state index is 12.2. The number of carbonyl (C=O) groups is 1. The van der Waals surface area contributed by atoms with Gasteiger partial charge in [-0.05, 0) is 42.6 Å². The number of anilines is 1. The molecular formula is C20H25N3O3. The third kappa shape index (κ3) is 5.39. The zero-order chi connectivity index (χ0) is 19.3. The molecule has 26 heavy (non-hydrogen) atoms. The summed E-state index contributed by atoms with van der Waals surface area (Å²) < 4.78 is 0. The van der Waals surface area contributed by atoms with Crippen LogP contribution in [0.15, 0.2) is 42.5 Å². The monoisotopic (exact) mass is 355 g/mol. The fourth-order valence-electron chi connectivity index (χ4n) is 2.71. The predicted octanol–water partition coefficient (Wildman–Crippen LogP) is 4.10. The van der Waals surface area contributed by atoms with Gasteiger partial charge in [-0.15, -0.1) is 0 Å². The SMILES string of the molecule is Cc1cc([N+](=O)[O-])ccc1NC(=O)CN(C)Cc1ccc(C(C)C)cc1. The zero-order valence-electron chi connectivity index (χ0n) is 15.7. The number of likely N-dealkylation sites (N-methyl/N-ethyl adjacent to an activating group) is 1. The lowest BCUT2D eigenvalue weighted by Crippen LogP contribution is -2.30. The first-order chi connectivity index (χ1) is 12.3. The summed E-state index contributed by atoms with van der Waals surface area (Å²) >= 11 is 0. The van der Waals surface area contributed by atoms with Crippen molar-refractivity contribution in [3.8, 4) is 0 Å². The Morgan fingerprint density at radius 3 is 2.38 bits per heavy atom. The molecule has 0 aliphatic rings. The number of nitro groups is 1. The van der Waals surface area contributed by atoms with Gasteiger partial charge >= 0.3 is 0 Å². The van der Waals surface area contributed by atoms with Gasteiger partial charge in [0.05, 0.1) is 11.5 Å². The van der Waals surface area contributed by atoms with Gasteiger partial charge in [0.1, 0.15) is 0 Å². The predicted molar refractivity (Wildman–Crippen MR) is 103 cm³/mol. The summed E-state index contributed by atoms with van der Waals surface area (Å²) in [5, 5.41) is 13.6. The molecule has 138 valence electrons. The minimum atomic E-state index is -0.447. The second-order valence-electron chi connectivity index (χ2n) is 6.87. The summed E-state index contributed by atoms with van der Waals surface area (Å²) in [6, 6.07) is 12.8. The van der Waals surface area contributed by atoms with Crippen LogP contribution in [0.5, 0.6) is 0 Å². The van der Waals surface area contributed by atoms with E-state index in [9.17, 15) is 14.9 Å². The molecule has 0 bridgehead atoms. The Morgan fingerprint density at radius 1 is 1.19 bits per heavy atom. The van der Waals surface area contributed by atoms with Crippen LogP contribution in [-0.2, 0) is 11.3 Å². The van der Waals surface area contributed by atoms with E-state index < -0.39 is 4.92 Å². The average molecular weight is 355 g/mol. The molecule has 0 aliphatic heterocycles. The summed E-state index contributed by atoms with van der Waals surface area (Å²) in [7, 11) is 1.89. The maximum Gasteiger partial charge on any atom is 0.269 e. The van der Waals surface area contributed by atoms with Gasteiger partial charge in [0.2, 0.25) is 5.91 Å². The number of amides is 1. The summed E-state index contributed by atoms with van der Waals surface area (Å²) in [6.45, 7) is 6.97. The lowest BCUT2D eigenvalue weighted by Gasteiger charge is -2.17. The quantitative estimate of drug-likeness (QED) is 0.599. The number of aryl methyl sites for hydroxylation is 1. The van der Waals surface area contributed by atoms with Crippen LogP contribution in [-0.4, -0.2) is 29.3 Å². The molecule has 0 radical (unpaired) electrons. The minimum absolute atomic E-state index is 0.0162. The van der Waals surface area contributed by atoms with E-state index >= 15 is 0 Å². The Bertz CT molecular complexity index is 785. The van der Waals surface area contributed by atoms with E-state index in [-0.39, 0.29) is 18.1 Å². The molecule has 0 spiro atoms. The number of hydrogen-bond donors (Lipinski definition) is 1. The summed E-state index contributed by atoms with van der Waals surface area (Å²) in [5.41, 5.74) is 3.72. The fraction of sp³-hybridized carbons (Fsp3) is 0.350. The molecule has 1 amide bonds. The van der Waals surface area contributed by atoms with Gasteiger partial charge in [0, 0.05) is 24.4 Å². The van der Waals surface area contributed by atoms with Crippen molar-refractivity contribution in [2.75, 3.05) is 18.9 Å². The Balaban J connectivity index is 1.91. The van der Waals surface area contributed by atoms with Gasteiger partial charge in [0.15, 0.2) is 0 Å². The van der Waals surface area contributed by atoms with Crippen LogP contribution in [0.1, 0.15) is 36.5 Å². The van der Waals surface area contributed by atoms with Crippen molar-refractivity contribution in [1.82, 2.24) is 4.90 Å². The largest absolute Gasteiger partial charge is 0.325 e. The van der Waals surface area contributed by atoms with Crippen molar-refractivity contribution < 1.29 is 9.72 Å². The Kier molecular flexibility index (Phi) is 6.46. The lowest BCUT2D eigenvalue weighted by atomic mass is 10.0. The van der Waals surface area contributed by atoms with Crippen LogP contribution in [0, 0.1) is 17.0 Å². The van der Waals surface area contributed by atoms with E-state index in [1.807, 2.05) is 11.9 Å². The molecule has 0 fully saturated rings. The van der Waals surface area contributed by atoms with Crippen molar-refractivity contribution in [3.63, 3.8) is 0 Å². The van der Waals surface area contributed by atoms with Crippen LogP contribution in [0.25, 0.3) is 0 Å². The lowest BCUT2D eigenvalue weighted by molar-refractivity contribution is -0.384. The highest BCUT2D eigenvalue weighted by molar-refractivity contribution is 5.93. The maximum absolute atomic E-state index is 12.2. The van der Waals surface area contributed by atoms with Gasteiger partial charge < -0.3 is 5.32 Å². The van der Waals surface area contributed by atoms with Crippen LogP contribution >= 0.6 is 0 Å². The number of hydrogen-bond acceptors (Lipinski definition) is 4. The second-order valence-corrected chi connectivity index (χ2v) is 6.87. The Hall–Kier alpha value is -2.73. The molecule has 0 aliphatic carbocycles. The minimum Gasteiger partial charge on any atom is -0.325 e. The molecule has 0 aromatic heterocycles. The highest BCUT2D eigenvalue weighted by Gasteiger charge is 2.12. The smallest absolute Gasteiger partial charge is 0.269 e. The normalized spacial score (nSPS) is 11.0. The van der Waals surface area contributed by atoms with E-state index in [1.165, 1.54) is 17.7 Å². The van der Waals surface area contributed by atoms with Crippen LogP contribution in [0.3, 0.4) is 0 Å². The van der Waals surface area contributed by atoms with Crippen molar-refractivity contribution in [1.29, 1.82) is 0 Å². The fourth-order valence-corrected chi connectivity index (χ4v) is 2.71. The number of rotatable bonds is 7. The number of nitro benzene ring substituents is 1. The molecule has 2 aromatic carbocycles. The van der Waals surface area contributed by atoms with Gasteiger partial charge in [-0.2, -0.15) is 0 Å². The molecule has 0 heterocycles. The summed E-state index contributed by atoms with van der Waals surface area (Å²) in [5.74, 6) is 0.348. The summed E-state index contributed by atoms with van der Waals surface area (Å²) in [4.78, 5) is 24.5. The van der Waals surface area contributed by atoms with Crippen LogP contribution in [0.4, 0.5) is 11.4 Å². The van der Waals surface area contributed by atoms with Crippen LogP contribution in [0.2, 0.25) is 0 Å². The van der Waals surface area contributed by atoms with Crippen molar-refractivity contribution in [3.05, 3.63) is 69.3 Å². The van der Waals surface area contributed by atoms with E-state index in [1.54, 1.807) is 13.0 Å². The van der Waals surface area contributed by atoms with E-state index in [2.05, 4.69) is 43.4 Å². The van der Waals surface area contributed by atoms with Gasteiger partial charge in [0.25, 0.3) is 5.69 Å². The topological polar surface area (TPSA) is 75.5 Å². The van der Waals surface area contributed by atoms with E-state index in [0.717, 1.165) is 5.56 Å². The first-order valence-electron chi connectivity index (χ1n) is 8.58. The Labute approximate surface area is 154 Å². The number of carbonyl (C=O) groups excluding carboxylic acids is 1. The highest BCUT2D eigenvalue weighted by atomic mass is 16.6. The first kappa shape index (κ1) is 19.6. The molecule has 2 rings (SSSR count). The third-order valence-electron chi connectivity index (χ3n) is 4.21. The highest BCUT2D eigenvalue weighted by Crippen LogP contribution is 2.21. The zero-order valence-corrected chi connectivity index (χ0v) is 15.7. The molecular weight excluding hydrogens is 330 g/mol.